The number of anilines is 1. The summed E-state index contributed by atoms with van der Waals surface area (Å²) in [7, 11) is 3.10. The van der Waals surface area contributed by atoms with Crippen molar-refractivity contribution < 1.29 is 19.0 Å². The van der Waals surface area contributed by atoms with Crippen molar-refractivity contribution in [3.8, 4) is 17.2 Å². The van der Waals surface area contributed by atoms with Crippen LogP contribution in [0.1, 0.15) is 11.1 Å². The summed E-state index contributed by atoms with van der Waals surface area (Å²) < 4.78 is 16.0. The molecule has 0 saturated heterocycles. The minimum Gasteiger partial charge on any atom is -0.497 e. The quantitative estimate of drug-likeness (QED) is 0.709. The largest absolute Gasteiger partial charge is 0.497 e. The highest BCUT2D eigenvalue weighted by molar-refractivity contribution is 6.32. The molecule has 2 N–H and O–H groups in total. The van der Waals surface area contributed by atoms with Crippen LogP contribution in [0.4, 0.5) is 10.5 Å². The van der Waals surface area contributed by atoms with Crippen LogP contribution in [-0.2, 0) is 0 Å². The maximum atomic E-state index is 12.0. The highest BCUT2D eigenvalue weighted by Crippen LogP contribution is 2.29. The van der Waals surface area contributed by atoms with Crippen molar-refractivity contribution in [2.75, 3.05) is 32.7 Å². The summed E-state index contributed by atoms with van der Waals surface area (Å²) in [6.07, 6.45) is 0. The Bertz CT molecular complexity index is 757. The van der Waals surface area contributed by atoms with E-state index in [2.05, 4.69) is 10.6 Å². The molecule has 6 nitrogen and oxygen atoms in total. The van der Waals surface area contributed by atoms with E-state index in [9.17, 15) is 4.79 Å². The number of amides is 2. The Kier molecular flexibility index (Phi) is 6.97. The molecule has 0 atom stereocenters. The smallest absolute Gasteiger partial charge is 0.319 e. The van der Waals surface area contributed by atoms with Gasteiger partial charge in [0.05, 0.1) is 26.5 Å². The number of hydrogen-bond acceptors (Lipinski definition) is 4. The van der Waals surface area contributed by atoms with E-state index >= 15 is 0 Å². The fourth-order valence-corrected chi connectivity index (χ4v) is 2.50. The molecule has 2 rings (SSSR count). The lowest BCUT2D eigenvalue weighted by Gasteiger charge is -2.13. The number of carbonyl (C=O) groups excluding carboxylic acids is 1. The molecule has 2 aromatic carbocycles. The van der Waals surface area contributed by atoms with Crippen LogP contribution in [0.25, 0.3) is 0 Å². The zero-order chi connectivity index (χ0) is 19.1. The van der Waals surface area contributed by atoms with Crippen LogP contribution in [0.2, 0.25) is 5.02 Å². The Morgan fingerprint density at radius 2 is 1.73 bits per heavy atom. The second kappa shape index (κ2) is 9.20. The summed E-state index contributed by atoms with van der Waals surface area (Å²) >= 11 is 6.13. The lowest BCUT2D eigenvalue weighted by atomic mass is 10.1. The normalized spacial score (nSPS) is 10.2. The van der Waals surface area contributed by atoms with E-state index in [1.165, 1.54) is 7.11 Å². The predicted octanol–water partition coefficient (Wildman–Crippen LogP) is 4.17. The van der Waals surface area contributed by atoms with Crippen molar-refractivity contribution in [1.82, 2.24) is 5.32 Å². The van der Waals surface area contributed by atoms with Crippen molar-refractivity contribution >= 4 is 23.3 Å². The van der Waals surface area contributed by atoms with Crippen molar-refractivity contribution in [1.29, 1.82) is 0 Å². The Morgan fingerprint density at radius 1 is 1.04 bits per heavy atom. The highest BCUT2D eigenvalue weighted by atomic mass is 35.5. The van der Waals surface area contributed by atoms with Crippen LogP contribution in [0, 0.1) is 13.8 Å². The van der Waals surface area contributed by atoms with E-state index in [-0.39, 0.29) is 6.03 Å². The molecular weight excluding hydrogens is 356 g/mol. The van der Waals surface area contributed by atoms with Crippen molar-refractivity contribution in [2.24, 2.45) is 0 Å². The van der Waals surface area contributed by atoms with E-state index < -0.39 is 0 Å². The Balaban J connectivity index is 1.82. The summed E-state index contributed by atoms with van der Waals surface area (Å²) in [5, 5.41) is 6.21. The third-order valence-corrected chi connectivity index (χ3v) is 4.32. The zero-order valence-corrected chi connectivity index (χ0v) is 16.1. The van der Waals surface area contributed by atoms with E-state index in [1.807, 2.05) is 26.0 Å². The first-order valence-corrected chi connectivity index (χ1v) is 8.48. The minimum atomic E-state index is -0.347. The molecule has 0 aliphatic rings. The summed E-state index contributed by atoms with van der Waals surface area (Å²) in [4.78, 5) is 12.0. The van der Waals surface area contributed by atoms with Gasteiger partial charge in [-0.3, -0.25) is 0 Å². The Hall–Kier alpha value is -2.60. The summed E-state index contributed by atoms with van der Waals surface area (Å²) in [5.74, 6) is 1.89. The molecule has 0 heterocycles. The number of urea groups is 1. The maximum absolute atomic E-state index is 12.0. The van der Waals surface area contributed by atoms with Gasteiger partial charge in [-0.15, -0.1) is 0 Å². The molecule has 2 aromatic rings. The standard InChI is InChI=1S/C19H23ClN2O4/c1-12-9-15(10-13(2)18(12)20)26-8-7-21-19(23)22-16-6-5-14(24-3)11-17(16)25-4/h5-6,9-11H,7-8H2,1-4H3,(H2,21,22,23). The maximum Gasteiger partial charge on any atom is 0.319 e. The predicted molar refractivity (Wildman–Crippen MR) is 103 cm³/mol. The van der Waals surface area contributed by atoms with Crippen LogP contribution in [0.5, 0.6) is 17.2 Å². The van der Waals surface area contributed by atoms with E-state index in [4.69, 9.17) is 25.8 Å². The lowest BCUT2D eigenvalue weighted by molar-refractivity contribution is 0.247. The molecular formula is C19H23ClN2O4. The van der Waals surface area contributed by atoms with Crippen LogP contribution in [-0.4, -0.2) is 33.4 Å². The molecule has 0 bridgehead atoms. The van der Waals surface area contributed by atoms with Crippen molar-refractivity contribution in [3.05, 3.63) is 46.5 Å². The first kappa shape index (κ1) is 19.7. The first-order chi connectivity index (χ1) is 12.4. The van der Waals surface area contributed by atoms with Crippen LogP contribution < -0.4 is 24.8 Å². The molecule has 0 spiro atoms. The summed E-state index contributed by atoms with van der Waals surface area (Å²) in [6.45, 7) is 4.55. The second-order valence-electron chi connectivity index (χ2n) is 5.67. The monoisotopic (exact) mass is 378 g/mol. The molecule has 0 aromatic heterocycles. The fourth-order valence-electron chi connectivity index (χ4n) is 2.39. The van der Waals surface area contributed by atoms with Gasteiger partial charge < -0.3 is 24.8 Å². The summed E-state index contributed by atoms with van der Waals surface area (Å²) in [5.41, 5.74) is 2.47. The van der Waals surface area contributed by atoms with Gasteiger partial charge in [0.25, 0.3) is 0 Å². The van der Waals surface area contributed by atoms with E-state index in [0.717, 1.165) is 21.9 Å². The molecule has 7 heteroatoms. The molecule has 140 valence electrons. The third kappa shape index (κ3) is 5.20. The van der Waals surface area contributed by atoms with Gasteiger partial charge in [0, 0.05) is 11.1 Å². The van der Waals surface area contributed by atoms with Gasteiger partial charge in [-0.1, -0.05) is 11.6 Å². The Morgan fingerprint density at radius 3 is 2.35 bits per heavy atom. The van der Waals surface area contributed by atoms with Gasteiger partial charge >= 0.3 is 6.03 Å². The van der Waals surface area contributed by atoms with Crippen LogP contribution >= 0.6 is 11.6 Å². The first-order valence-electron chi connectivity index (χ1n) is 8.11. The number of halogens is 1. The zero-order valence-electron chi connectivity index (χ0n) is 15.3. The SMILES string of the molecule is COc1ccc(NC(=O)NCCOc2cc(C)c(Cl)c(C)c2)c(OC)c1. The topological polar surface area (TPSA) is 68.8 Å². The number of aryl methyl sites for hydroxylation is 2. The molecule has 0 unspecified atom stereocenters. The number of ether oxygens (including phenoxy) is 3. The van der Waals surface area contributed by atoms with Crippen LogP contribution in [0.3, 0.4) is 0 Å². The van der Waals surface area contributed by atoms with Crippen LogP contribution in [0.15, 0.2) is 30.3 Å². The number of hydrogen-bond donors (Lipinski definition) is 2. The third-order valence-electron chi connectivity index (χ3n) is 3.72. The van der Waals surface area contributed by atoms with Gasteiger partial charge in [0.15, 0.2) is 0 Å². The molecule has 2 amide bonds. The average molecular weight is 379 g/mol. The van der Waals surface area contributed by atoms with Gasteiger partial charge in [0.1, 0.15) is 23.9 Å². The fraction of sp³-hybridized carbons (Fsp3) is 0.316. The highest BCUT2D eigenvalue weighted by Gasteiger charge is 2.09. The molecule has 0 aliphatic heterocycles. The Labute approximate surface area is 158 Å². The van der Waals surface area contributed by atoms with E-state index in [0.29, 0.717) is 30.3 Å². The van der Waals surface area contributed by atoms with Gasteiger partial charge in [-0.2, -0.15) is 0 Å². The number of rotatable bonds is 7. The lowest BCUT2D eigenvalue weighted by Crippen LogP contribution is -2.32. The van der Waals surface area contributed by atoms with Gasteiger partial charge in [0.2, 0.25) is 0 Å². The van der Waals surface area contributed by atoms with Crippen molar-refractivity contribution in [3.63, 3.8) is 0 Å². The molecule has 0 aliphatic carbocycles. The average Bonchev–Trinajstić information content (AvgIpc) is 2.63. The minimum absolute atomic E-state index is 0.341. The summed E-state index contributed by atoms with van der Waals surface area (Å²) in [6, 6.07) is 8.55. The molecule has 0 radical (unpaired) electrons. The molecule has 0 saturated carbocycles. The van der Waals surface area contributed by atoms with Crippen molar-refractivity contribution in [2.45, 2.75) is 13.8 Å². The van der Waals surface area contributed by atoms with Gasteiger partial charge in [-0.25, -0.2) is 4.79 Å². The number of carbonyl (C=O) groups is 1. The number of nitrogens with one attached hydrogen (secondary N) is 2. The number of benzene rings is 2. The molecule has 26 heavy (non-hydrogen) atoms. The number of methoxy groups -OCH3 is 2. The van der Waals surface area contributed by atoms with E-state index in [1.54, 1.807) is 25.3 Å². The van der Waals surface area contributed by atoms with Gasteiger partial charge in [-0.05, 0) is 49.2 Å². The molecule has 0 fully saturated rings. The second-order valence-corrected chi connectivity index (χ2v) is 6.04.